The second-order valence-electron chi connectivity index (χ2n) is 11.9. The van der Waals surface area contributed by atoms with Gasteiger partial charge in [0, 0.05) is 49.8 Å². The first-order chi connectivity index (χ1) is 12.3. The topological polar surface area (TPSA) is 9.72 Å². The van der Waals surface area contributed by atoms with E-state index in [0.29, 0.717) is 22.5 Å². The van der Waals surface area contributed by atoms with Gasteiger partial charge in [-0.2, -0.15) is 0 Å². The lowest BCUT2D eigenvalue weighted by molar-refractivity contribution is 0.00640. The molecule has 0 amide bonds. The highest BCUT2D eigenvalue weighted by atomic mass is 15.3. The van der Waals surface area contributed by atoms with Crippen molar-refractivity contribution in [3.8, 4) is 0 Å². The predicted octanol–water partition coefficient (Wildman–Crippen LogP) is 5.11. The van der Waals surface area contributed by atoms with Gasteiger partial charge in [0.25, 0.3) is 0 Å². The van der Waals surface area contributed by atoms with Gasteiger partial charge in [0.05, 0.1) is 0 Å². The van der Waals surface area contributed by atoms with Crippen LogP contribution in [0.1, 0.15) is 88.0 Å². The number of piperidine rings is 1. The minimum absolute atomic E-state index is 0.310. The molecule has 3 heteroatoms. The summed E-state index contributed by atoms with van der Waals surface area (Å²) in [4.78, 5) is 8.10. The first-order valence-electron chi connectivity index (χ1n) is 11.6. The molecule has 0 spiro atoms. The quantitative estimate of drug-likeness (QED) is 0.635. The van der Waals surface area contributed by atoms with Crippen LogP contribution >= 0.6 is 0 Å². The van der Waals surface area contributed by atoms with Gasteiger partial charge >= 0.3 is 0 Å². The average molecular weight is 380 g/mol. The van der Waals surface area contributed by atoms with Crippen LogP contribution in [0.5, 0.6) is 0 Å². The fourth-order valence-corrected chi connectivity index (χ4v) is 5.06. The molecule has 2 heterocycles. The summed E-state index contributed by atoms with van der Waals surface area (Å²) < 4.78 is 0. The van der Waals surface area contributed by atoms with E-state index < -0.39 is 0 Å². The summed E-state index contributed by atoms with van der Waals surface area (Å²) in [6, 6.07) is 0.686. The molecule has 2 fully saturated rings. The molecule has 2 aliphatic rings. The molecule has 0 aromatic heterocycles. The maximum absolute atomic E-state index is 2.75. The van der Waals surface area contributed by atoms with Gasteiger partial charge in [0.1, 0.15) is 0 Å². The van der Waals surface area contributed by atoms with E-state index in [1.165, 1.54) is 65.0 Å². The summed E-state index contributed by atoms with van der Waals surface area (Å²) in [7, 11) is 0. The second kappa shape index (κ2) is 8.71. The maximum atomic E-state index is 2.75. The highest BCUT2D eigenvalue weighted by Crippen LogP contribution is 2.41. The number of hydrogen-bond acceptors (Lipinski definition) is 3. The van der Waals surface area contributed by atoms with E-state index in [1.807, 2.05) is 0 Å². The van der Waals surface area contributed by atoms with Crippen molar-refractivity contribution in [2.75, 3.05) is 39.3 Å². The standard InChI is InChI=1S/C24H49N3/c1-20(2)25-15-17-26(18-16-25)24(8,9)13-12-23(6,7)21-11-10-14-27(19-21)22(3,4)5/h20-21H,10-19H2,1-9H3. The fraction of sp³-hybridized carbons (Fsp3) is 1.00. The first-order valence-corrected chi connectivity index (χ1v) is 11.6. The third-order valence-electron chi connectivity index (χ3n) is 7.76. The number of nitrogens with zero attached hydrogens (tertiary/aromatic N) is 3. The molecule has 0 bridgehead atoms. The number of piperazine rings is 1. The Morgan fingerprint density at radius 3 is 1.89 bits per heavy atom. The van der Waals surface area contributed by atoms with Crippen molar-refractivity contribution in [2.24, 2.45) is 11.3 Å². The average Bonchev–Trinajstić information content (AvgIpc) is 2.60. The van der Waals surface area contributed by atoms with E-state index in [4.69, 9.17) is 0 Å². The van der Waals surface area contributed by atoms with Crippen molar-refractivity contribution in [1.29, 1.82) is 0 Å². The molecule has 3 nitrogen and oxygen atoms in total. The van der Waals surface area contributed by atoms with Gasteiger partial charge in [-0.05, 0) is 92.0 Å². The van der Waals surface area contributed by atoms with Gasteiger partial charge in [0.2, 0.25) is 0 Å². The Kier molecular flexibility index (Phi) is 7.47. The molecule has 0 aromatic rings. The summed E-state index contributed by atoms with van der Waals surface area (Å²) in [6.07, 6.45) is 5.43. The van der Waals surface area contributed by atoms with Crippen LogP contribution in [0.4, 0.5) is 0 Å². The summed E-state index contributed by atoms with van der Waals surface area (Å²) >= 11 is 0. The number of hydrogen-bond donors (Lipinski definition) is 0. The molecular formula is C24H49N3. The van der Waals surface area contributed by atoms with Crippen LogP contribution in [0.25, 0.3) is 0 Å². The third-order valence-corrected chi connectivity index (χ3v) is 7.76. The molecule has 2 saturated heterocycles. The molecule has 2 rings (SSSR count). The summed E-state index contributed by atoms with van der Waals surface area (Å²) in [5.74, 6) is 0.832. The van der Waals surface area contributed by atoms with Crippen LogP contribution in [-0.4, -0.2) is 71.1 Å². The molecule has 0 aliphatic carbocycles. The van der Waals surface area contributed by atoms with Crippen LogP contribution in [-0.2, 0) is 0 Å². The zero-order valence-electron chi connectivity index (χ0n) is 20.1. The molecule has 0 saturated carbocycles. The normalized spacial score (nSPS) is 25.3. The lowest BCUT2D eigenvalue weighted by Gasteiger charge is -2.49. The largest absolute Gasteiger partial charge is 0.298 e. The van der Waals surface area contributed by atoms with Crippen molar-refractivity contribution >= 4 is 0 Å². The lowest BCUT2D eigenvalue weighted by atomic mass is 9.69. The van der Waals surface area contributed by atoms with E-state index in [9.17, 15) is 0 Å². The van der Waals surface area contributed by atoms with E-state index in [0.717, 1.165) is 5.92 Å². The van der Waals surface area contributed by atoms with Crippen molar-refractivity contribution in [3.05, 3.63) is 0 Å². The minimum Gasteiger partial charge on any atom is -0.298 e. The van der Waals surface area contributed by atoms with Gasteiger partial charge in [-0.15, -0.1) is 0 Å². The molecule has 1 atom stereocenters. The SMILES string of the molecule is CC(C)N1CCN(C(C)(C)CCC(C)(C)C2CCCN(C(C)(C)C)C2)CC1. The van der Waals surface area contributed by atoms with E-state index in [2.05, 4.69) is 77.0 Å². The zero-order chi connectivity index (χ0) is 20.5. The Bertz CT molecular complexity index is 453. The van der Waals surface area contributed by atoms with Crippen molar-refractivity contribution in [3.63, 3.8) is 0 Å². The van der Waals surface area contributed by atoms with E-state index in [-0.39, 0.29) is 0 Å². The van der Waals surface area contributed by atoms with Crippen molar-refractivity contribution in [1.82, 2.24) is 14.7 Å². The molecule has 1 unspecified atom stereocenters. The molecular weight excluding hydrogens is 330 g/mol. The van der Waals surface area contributed by atoms with Crippen LogP contribution in [0.15, 0.2) is 0 Å². The van der Waals surface area contributed by atoms with Crippen LogP contribution in [0.2, 0.25) is 0 Å². The Labute approximate surface area is 170 Å². The molecule has 2 aliphatic heterocycles. The highest BCUT2D eigenvalue weighted by molar-refractivity contribution is 4.92. The Balaban J connectivity index is 1.89. The van der Waals surface area contributed by atoms with Crippen LogP contribution < -0.4 is 0 Å². The Morgan fingerprint density at radius 2 is 1.37 bits per heavy atom. The van der Waals surface area contributed by atoms with Gasteiger partial charge in [-0.3, -0.25) is 14.7 Å². The fourth-order valence-electron chi connectivity index (χ4n) is 5.06. The zero-order valence-corrected chi connectivity index (χ0v) is 20.1. The Morgan fingerprint density at radius 1 is 0.778 bits per heavy atom. The molecule has 0 aromatic carbocycles. The van der Waals surface area contributed by atoms with Crippen molar-refractivity contribution < 1.29 is 0 Å². The molecule has 0 N–H and O–H groups in total. The lowest BCUT2D eigenvalue weighted by Crippen LogP contribution is -2.56. The molecule has 27 heavy (non-hydrogen) atoms. The maximum Gasteiger partial charge on any atom is 0.0154 e. The van der Waals surface area contributed by atoms with E-state index in [1.54, 1.807) is 0 Å². The van der Waals surface area contributed by atoms with Gasteiger partial charge in [-0.1, -0.05) is 13.8 Å². The summed E-state index contributed by atoms with van der Waals surface area (Å²) in [6.45, 7) is 29.3. The van der Waals surface area contributed by atoms with Crippen molar-refractivity contribution in [2.45, 2.75) is 105 Å². The number of likely N-dealkylation sites (tertiary alicyclic amines) is 1. The van der Waals surface area contributed by atoms with E-state index >= 15 is 0 Å². The third kappa shape index (κ3) is 6.18. The molecule has 0 radical (unpaired) electrons. The Hall–Kier alpha value is -0.120. The van der Waals surface area contributed by atoms with Crippen LogP contribution in [0.3, 0.4) is 0 Å². The van der Waals surface area contributed by atoms with Crippen LogP contribution in [0, 0.1) is 11.3 Å². The monoisotopic (exact) mass is 379 g/mol. The van der Waals surface area contributed by atoms with Gasteiger partial charge in [-0.25, -0.2) is 0 Å². The summed E-state index contributed by atoms with van der Waals surface area (Å²) in [5.41, 5.74) is 1.06. The highest BCUT2D eigenvalue weighted by Gasteiger charge is 2.38. The summed E-state index contributed by atoms with van der Waals surface area (Å²) in [5, 5.41) is 0. The molecule has 160 valence electrons. The number of rotatable bonds is 6. The smallest absolute Gasteiger partial charge is 0.0154 e. The van der Waals surface area contributed by atoms with Gasteiger partial charge in [0.15, 0.2) is 0 Å². The minimum atomic E-state index is 0.310. The predicted molar refractivity (Wildman–Crippen MR) is 119 cm³/mol. The van der Waals surface area contributed by atoms with Gasteiger partial charge < -0.3 is 0 Å². The first kappa shape index (κ1) is 23.2. The second-order valence-corrected chi connectivity index (χ2v) is 11.9.